The first-order chi connectivity index (χ1) is 17.3. The number of halogens is 1. The van der Waals surface area contributed by atoms with Crippen LogP contribution in [0.1, 0.15) is 6.42 Å². The van der Waals surface area contributed by atoms with Crippen LogP contribution in [0.25, 0.3) is 0 Å². The first-order valence-corrected chi connectivity index (χ1v) is 13.5. The summed E-state index contributed by atoms with van der Waals surface area (Å²) in [5.74, 6) is -1.08. The number of ether oxygens (including phenoxy) is 1. The van der Waals surface area contributed by atoms with Crippen molar-refractivity contribution in [1.29, 1.82) is 0 Å². The highest BCUT2D eigenvalue weighted by atomic mass is 32.2. The van der Waals surface area contributed by atoms with Gasteiger partial charge in [0, 0.05) is 31.7 Å². The Hall–Kier alpha value is -3.06. The molecule has 190 valence electrons. The molecule has 0 aromatic heterocycles. The Balaban J connectivity index is 1.47. The third-order valence-corrected chi connectivity index (χ3v) is 8.59. The maximum Gasteiger partial charge on any atom is 0.243 e. The van der Waals surface area contributed by atoms with E-state index >= 15 is 0 Å². The fraction of sp³-hybridized carbons (Fsp3) is 0.292. The van der Waals surface area contributed by atoms with Gasteiger partial charge in [0.1, 0.15) is 11.1 Å². The molecule has 2 aliphatic heterocycles. The summed E-state index contributed by atoms with van der Waals surface area (Å²) in [6.45, 7) is 5.22. The van der Waals surface area contributed by atoms with Crippen LogP contribution in [-0.4, -0.2) is 72.7 Å². The Morgan fingerprint density at radius 2 is 1.83 bits per heavy atom. The lowest BCUT2D eigenvalue weighted by molar-refractivity contribution is -0.127. The summed E-state index contributed by atoms with van der Waals surface area (Å²) >= 11 is 1.15. The molecule has 0 bridgehead atoms. The molecule has 0 spiro atoms. The minimum Gasteiger partial charge on any atom is -0.379 e. The molecule has 4 rings (SSSR count). The van der Waals surface area contributed by atoms with Gasteiger partial charge in [-0.3, -0.25) is 14.5 Å². The minimum absolute atomic E-state index is 0.0930. The third-order valence-electron chi connectivity index (χ3n) is 5.50. The number of carbonyl (C=O) groups is 2. The monoisotopic (exact) mass is 532 g/mol. The van der Waals surface area contributed by atoms with Crippen molar-refractivity contribution in [2.75, 3.05) is 38.2 Å². The van der Waals surface area contributed by atoms with Crippen LogP contribution >= 0.6 is 11.8 Å². The summed E-state index contributed by atoms with van der Waals surface area (Å²) in [4.78, 5) is 31.5. The number of aliphatic imine (C=N–C) groups is 1. The Morgan fingerprint density at radius 3 is 2.47 bits per heavy atom. The highest BCUT2D eigenvalue weighted by molar-refractivity contribution is 8.15. The average Bonchev–Trinajstić information content (AvgIpc) is 3.15. The molecule has 2 aromatic rings. The van der Waals surface area contributed by atoms with Gasteiger partial charge in [0.2, 0.25) is 21.8 Å². The third kappa shape index (κ3) is 6.01. The second kappa shape index (κ2) is 11.3. The molecule has 2 fully saturated rings. The number of benzene rings is 2. The van der Waals surface area contributed by atoms with Crippen molar-refractivity contribution >= 4 is 50.1 Å². The van der Waals surface area contributed by atoms with Crippen molar-refractivity contribution in [2.45, 2.75) is 16.6 Å². The van der Waals surface area contributed by atoms with E-state index in [2.05, 4.69) is 16.9 Å². The number of amidine groups is 1. The van der Waals surface area contributed by atoms with Crippen molar-refractivity contribution < 1.29 is 27.1 Å². The van der Waals surface area contributed by atoms with Crippen molar-refractivity contribution in [3.8, 4) is 0 Å². The largest absolute Gasteiger partial charge is 0.379 e. The second-order valence-electron chi connectivity index (χ2n) is 8.01. The number of morpholine rings is 1. The number of sulfonamides is 1. The summed E-state index contributed by atoms with van der Waals surface area (Å²) < 4.78 is 45.3. The van der Waals surface area contributed by atoms with Gasteiger partial charge >= 0.3 is 0 Å². The first-order valence-electron chi connectivity index (χ1n) is 11.2. The van der Waals surface area contributed by atoms with Gasteiger partial charge in [0.05, 0.1) is 23.8 Å². The molecule has 2 amide bonds. The number of amides is 2. The number of hydrogen-bond donors (Lipinski definition) is 1. The van der Waals surface area contributed by atoms with Crippen LogP contribution < -0.4 is 5.32 Å². The molecule has 2 aliphatic rings. The fourth-order valence-electron chi connectivity index (χ4n) is 3.67. The molecule has 0 radical (unpaired) electrons. The molecule has 0 saturated carbocycles. The molecule has 2 saturated heterocycles. The molecular formula is C24H25FN4O5S2. The molecule has 1 atom stereocenters. The van der Waals surface area contributed by atoms with E-state index in [0.717, 1.165) is 11.8 Å². The highest BCUT2D eigenvalue weighted by Gasteiger charge is 2.38. The molecule has 2 aromatic carbocycles. The van der Waals surface area contributed by atoms with E-state index in [0.29, 0.717) is 42.8 Å². The predicted octanol–water partition coefficient (Wildman–Crippen LogP) is 2.99. The number of nitrogens with zero attached hydrogens (tertiary/aromatic N) is 3. The topological polar surface area (TPSA) is 108 Å². The summed E-state index contributed by atoms with van der Waals surface area (Å²) in [6.07, 6.45) is 1.47. The highest BCUT2D eigenvalue weighted by Crippen LogP contribution is 2.32. The lowest BCUT2D eigenvalue weighted by Crippen LogP contribution is -2.40. The van der Waals surface area contributed by atoms with Crippen LogP contribution in [-0.2, 0) is 24.3 Å². The fourth-order valence-corrected chi connectivity index (χ4v) is 6.25. The summed E-state index contributed by atoms with van der Waals surface area (Å²) in [5.41, 5.74) is 0.900. The molecule has 1 unspecified atom stereocenters. The minimum atomic E-state index is -3.63. The van der Waals surface area contributed by atoms with Crippen LogP contribution in [0.3, 0.4) is 0 Å². The van der Waals surface area contributed by atoms with Gasteiger partial charge in [-0.25, -0.2) is 17.8 Å². The summed E-state index contributed by atoms with van der Waals surface area (Å²) in [7, 11) is -3.63. The van der Waals surface area contributed by atoms with Crippen LogP contribution in [0.15, 0.2) is 71.1 Å². The van der Waals surface area contributed by atoms with Crippen molar-refractivity contribution in [3.05, 3.63) is 67.0 Å². The van der Waals surface area contributed by atoms with E-state index in [-0.39, 0.29) is 29.7 Å². The van der Waals surface area contributed by atoms with Gasteiger partial charge in [0.15, 0.2) is 5.17 Å². The van der Waals surface area contributed by atoms with E-state index < -0.39 is 21.1 Å². The zero-order valence-electron chi connectivity index (χ0n) is 19.3. The normalized spacial score (nSPS) is 20.0. The van der Waals surface area contributed by atoms with Crippen molar-refractivity contribution in [3.63, 3.8) is 0 Å². The van der Waals surface area contributed by atoms with E-state index in [4.69, 9.17) is 4.74 Å². The molecule has 0 aliphatic carbocycles. The maximum atomic E-state index is 13.1. The smallest absolute Gasteiger partial charge is 0.243 e. The summed E-state index contributed by atoms with van der Waals surface area (Å²) in [6, 6.07) is 11.5. The Kier molecular flexibility index (Phi) is 8.19. The van der Waals surface area contributed by atoms with Gasteiger partial charge in [-0.2, -0.15) is 4.31 Å². The second-order valence-corrected chi connectivity index (χ2v) is 11.1. The Bertz CT molecular complexity index is 1260. The zero-order chi connectivity index (χ0) is 25.7. The number of carbonyl (C=O) groups excluding carboxylic acids is 2. The Labute approximate surface area is 213 Å². The quantitative estimate of drug-likeness (QED) is 0.524. The van der Waals surface area contributed by atoms with Gasteiger partial charge in [-0.1, -0.05) is 17.8 Å². The van der Waals surface area contributed by atoms with E-state index in [1.54, 1.807) is 18.2 Å². The Morgan fingerprint density at radius 1 is 1.17 bits per heavy atom. The lowest BCUT2D eigenvalue weighted by atomic mass is 10.2. The van der Waals surface area contributed by atoms with E-state index in [1.807, 2.05) is 0 Å². The number of hydrogen-bond acceptors (Lipinski definition) is 7. The lowest BCUT2D eigenvalue weighted by Gasteiger charge is -2.26. The molecule has 1 N–H and O–H groups in total. The summed E-state index contributed by atoms with van der Waals surface area (Å²) in [5, 5.41) is 2.36. The van der Waals surface area contributed by atoms with Crippen molar-refractivity contribution in [2.24, 2.45) is 4.99 Å². The molecule has 36 heavy (non-hydrogen) atoms. The van der Waals surface area contributed by atoms with Crippen LogP contribution in [0.2, 0.25) is 0 Å². The molecular weight excluding hydrogens is 507 g/mol. The van der Waals surface area contributed by atoms with E-state index in [9.17, 15) is 22.4 Å². The number of nitrogens with one attached hydrogen (secondary N) is 1. The van der Waals surface area contributed by atoms with Gasteiger partial charge < -0.3 is 10.1 Å². The van der Waals surface area contributed by atoms with Gasteiger partial charge in [0.25, 0.3) is 0 Å². The molecule has 2 heterocycles. The standard InChI is InChI=1S/C24H25FN4O5S2/c1-2-11-29-23(31)21(16-22(30)26-18-5-3-17(25)4-6-18)35-24(29)27-19-7-9-20(10-8-19)36(32,33)28-12-14-34-15-13-28/h2-10,21H,1,11-16H2,(H,26,30). The van der Waals surface area contributed by atoms with E-state index in [1.165, 1.54) is 45.6 Å². The van der Waals surface area contributed by atoms with Gasteiger partial charge in [-0.15, -0.1) is 6.58 Å². The van der Waals surface area contributed by atoms with Crippen molar-refractivity contribution in [1.82, 2.24) is 9.21 Å². The molecule has 9 nitrogen and oxygen atoms in total. The van der Waals surface area contributed by atoms with Crippen LogP contribution in [0.4, 0.5) is 15.8 Å². The average molecular weight is 533 g/mol. The van der Waals surface area contributed by atoms with Crippen LogP contribution in [0, 0.1) is 5.82 Å². The zero-order valence-corrected chi connectivity index (χ0v) is 20.9. The SMILES string of the molecule is C=CCN1C(=O)C(CC(=O)Nc2ccc(F)cc2)SC1=Nc1ccc(S(=O)(=O)N2CCOCC2)cc1. The first kappa shape index (κ1) is 26.0. The maximum absolute atomic E-state index is 13.1. The molecule has 12 heteroatoms. The predicted molar refractivity (Wildman–Crippen MR) is 136 cm³/mol. The number of thioether (sulfide) groups is 1. The number of rotatable bonds is 8. The number of anilines is 1. The van der Waals surface area contributed by atoms with Gasteiger partial charge in [-0.05, 0) is 48.5 Å². The van der Waals surface area contributed by atoms with Crippen LogP contribution in [0.5, 0.6) is 0 Å².